The lowest BCUT2D eigenvalue weighted by Crippen LogP contribution is -2.27. The molecule has 0 aliphatic carbocycles. The van der Waals surface area contributed by atoms with Crippen molar-refractivity contribution in [2.75, 3.05) is 18.6 Å². The van der Waals surface area contributed by atoms with E-state index in [0.29, 0.717) is 11.7 Å². The molecule has 5 nitrogen and oxygen atoms in total. The highest BCUT2D eigenvalue weighted by atomic mass is 32.2. The average Bonchev–Trinajstić information content (AvgIpc) is 2.85. The Bertz CT molecular complexity index is 367. The van der Waals surface area contributed by atoms with Crippen LogP contribution < -0.4 is 5.73 Å². The molecule has 1 aromatic heterocycles. The minimum atomic E-state index is -0.516. The van der Waals surface area contributed by atoms with E-state index in [2.05, 4.69) is 10.1 Å². The number of hydrogen-bond acceptors (Lipinski definition) is 6. The van der Waals surface area contributed by atoms with E-state index in [-0.39, 0.29) is 12.0 Å². The molecular formula is C10H17N3O2S. The maximum atomic E-state index is 5.98. The molecule has 2 unspecified atom stereocenters. The molecular weight excluding hydrogens is 226 g/mol. The van der Waals surface area contributed by atoms with E-state index in [0.717, 1.165) is 11.5 Å². The van der Waals surface area contributed by atoms with Crippen molar-refractivity contribution in [3.05, 3.63) is 11.7 Å². The molecule has 0 spiro atoms. The van der Waals surface area contributed by atoms with Crippen LogP contribution >= 0.6 is 11.8 Å². The molecule has 0 aromatic carbocycles. The molecule has 0 bridgehead atoms. The van der Waals surface area contributed by atoms with Crippen LogP contribution in [0.15, 0.2) is 4.52 Å². The molecule has 2 heterocycles. The molecule has 0 radical (unpaired) electrons. The average molecular weight is 243 g/mol. The van der Waals surface area contributed by atoms with Crippen LogP contribution in [0.1, 0.15) is 31.5 Å². The first-order chi connectivity index (χ1) is 7.54. The number of hydrogen-bond donors (Lipinski definition) is 1. The minimum Gasteiger partial charge on any atom is -0.371 e. The van der Waals surface area contributed by atoms with Crippen LogP contribution in [0.5, 0.6) is 0 Å². The molecule has 90 valence electrons. The first kappa shape index (κ1) is 11.9. The van der Waals surface area contributed by atoms with E-state index in [1.165, 1.54) is 0 Å². The molecule has 2 rings (SSSR count). The van der Waals surface area contributed by atoms with Crippen molar-refractivity contribution >= 4 is 11.8 Å². The van der Waals surface area contributed by atoms with Gasteiger partial charge in [-0.3, -0.25) is 0 Å². The molecule has 1 aliphatic heterocycles. The zero-order chi connectivity index (χ0) is 11.8. The third kappa shape index (κ3) is 2.09. The van der Waals surface area contributed by atoms with Crippen LogP contribution in [0.3, 0.4) is 0 Å². The Balaban J connectivity index is 2.19. The zero-order valence-electron chi connectivity index (χ0n) is 9.77. The molecule has 6 heteroatoms. The van der Waals surface area contributed by atoms with Gasteiger partial charge in [0.15, 0.2) is 0 Å². The number of nitrogens with two attached hydrogens (primary N) is 1. The quantitative estimate of drug-likeness (QED) is 0.857. The predicted octanol–water partition coefficient (Wildman–Crippen LogP) is 1.11. The van der Waals surface area contributed by atoms with Crippen molar-refractivity contribution in [3.63, 3.8) is 0 Å². The molecule has 2 N–H and O–H groups in total. The van der Waals surface area contributed by atoms with E-state index < -0.39 is 5.60 Å². The van der Waals surface area contributed by atoms with Crippen molar-refractivity contribution in [2.45, 2.75) is 31.4 Å². The summed E-state index contributed by atoms with van der Waals surface area (Å²) in [6.45, 7) is 3.82. The summed E-state index contributed by atoms with van der Waals surface area (Å²) in [7, 11) is 1.63. The zero-order valence-corrected chi connectivity index (χ0v) is 10.6. The van der Waals surface area contributed by atoms with Gasteiger partial charge in [0.05, 0.1) is 5.92 Å². The number of thioether (sulfide) groups is 1. The van der Waals surface area contributed by atoms with Crippen molar-refractivity contribution in [3.8, 4) is 0 Å². The van der Waals surface area contributed by atoms with Crippen molar-refractivity contribution < 1.29 is 9.26 Å². The third-order valence-electron chi connectivity index (χ3n) is 2.93. The monoisotopic (exact) mass is 243 g/mol. The largest absolute Gasteiger partial charge is 0.371 e. The number of methoxy groups -OCH3 is 1. The van der Waals surface area contributed by atoms with E-state index in [9.17, 15) is 0 Å². The lowest BCUT2D eigenvalue weighted by Gasteiger charge is -2.17. The first-order valence-corrected chi connectivity index (χ1v) is 6.42. The SMILES string of the molecule is COC(C)(C)c1noc(C2CSCC2N)n1. The highest BCUT2D eigenvalue weighted by Gasteiger charge is 2.33. The summed E-state index contributed by atoms with van der Waals surface area (Å²) in [6.07, 6.45) is 0. The Hall–Kier alpha value is -0.590. The Morgan fingerprint density at radius 3 is 2.81 bits per heavy atom. The van der Waals surface area contributed by atoms with Gasteiger partial charge in [0, 0.05) is 24.7 Å². The van der Waals surface area contributed by atoms with Crippen LogP contribution in [0.25, 0.3) is 0 Å². The fourth-order valence-electron chi connectivity index (χ4n) is 1.55. The summed E-state index contributed by atoms with van der Waals surface area (Å²) >= 11 is 1.82. The topological polar surface area (TPSA) is 74.2 Å². The summed E-state index contributed by atoms with van der Waals surface area (Å²) in [5, 5.41) is 3.96. The summed E-state index contributed by atoms with van der Waals surface area (Å²) in [6, 6.07) is 0.115. The molecule has 16 heavy (non-hydrogen) atoms. The fraction of sp³-hybridized carbons (Fsp3) is 0.800. The highest BCUT2D eigenvalue weighted by molar-refractivity contribution is 7.99. The molecule has 1 saturated heterocycles. The van der Waals surface area contributed by atoms with Gasteiger partial charge in [-0.2, -0.15) is 16.7 Å². The van der Waals surface area contributed by atoms with Gasteiger partial charge in [-0.25, -0.2) is 0 Å². The van der Waals surface area contributed by atoms with Crippen molar-refractivity contribution in [1.29, 1.82) is 0 Å². The molecule has 1 aliphatic rings. The number of aromatic nitrogens is 2. The summed E-state index contributed by atoms with van der Waals surface area (Å²) in [5.41, 5.74) is 5.47. The third-order valence-corrected chi connectivity index (χ3v) is 4.15. The molecule has 2 atom stereocenters. The summed E-state index contributed by atoms with van der Waals surface area (Å²) in [4.78, 5) is 4.39. The smallest absolute Gasteiger partial charge is 0.232 e. The van der Waals surface area contributed by atoms with Crippen molar-refractivity contribution in [1.82, 2.24) is 10.1 Å². The molecule has 0 amide bonds. The van der Waals surface area contributed by atoms with Crippen LogP contribution in [0.4, 0.5) is 0 Å². The summed E-state index contributed by atoms with van der Waals surface area (Å²) < 4.78 is 10.6. The summed E-state index contributed by atoms with van der Waals surface area (Å²) in [5.74, 6) is 3.30. The second-order valence-corrected chi connectivity index (χ2v) is 5.55. The number of rotatable bonds is 3. The molecule has 0 saturated carbocycles. The van der Waals surface area contributed by atoms with Gasteiger partial charge in [-0.15, -0.1) is 0 Å². The van der Waals surface area contributed by atoms with Gasteiger partial charge in [0.1, 0.15) is 5.60 Å². The Kier molecular flexibility index (Phi) is 3.23. The lowest BCUT2D eigenvalue weighted by molar-refractivity contribution is 0.00973. The van der Waals surface area contributed by atoms with Gasteiger partial charge in [0.2, 0.25) is 11.7 Å². The normalized spacial score (nSPS) is 26.2. The van der Waals surface area contributed by atoms with Gasteiger partial charge in [-0.05, 0) is 13.8 Å². The van der Waals surface area contributed by atoms with E-state index in [1.807, 2.05) is 25.6 Å². The second kappa shape index (κ2) is 4.35. The number of nitrogens with zero attached hydrogens (tertiary/aromatic N) is 2. The Morgan fingerprint density at radius 1 is 1.50 bits per heavy atom. The standard InChI is InChI=1S/C10H17N3O2S/c1-10(2,14-3)9-12-8(15-13-9)6-4-16-5-7(6)11/h6-7H,4-5,11H2,1-3H3. The van der Waals surface area contributed by atoms with E-state index in [1.54, 1.807) is 7.11 Å². The van der Waals surface area contributed by atoms with Crippen LogP contribution in [-0.2, 0) is 10.3 Å². The maximum absolute atomic E-state index is 5.98. The van der Waals surface area contributed by atoms with Gasteiger partial charge >= 0.3 is 0 Å². The van der Waals surface area contributed by atoms with E-state index in [4.69, 9.17) is 15.0 Å². The fourth-order valence-corrected chi connectivity index (χ4v) is 2.83. The lowest BCUT2D eigenvalue weighted by atomic mass is 10.0. The van der Waals surface area contributed by atoms with Gasteiger partial charge < -0.3 is 15.0 Å². The van der Waals surface area contributed by atoms with Crippen molar-refractivity contribution in [2.24, 2.45) is 5.73 Å². The predicted molar refractivity (Wildman–Crippen MR) is 62.4 cm³/mol. The minimum absolute atomic E-state index is 0.115. The maximum Gasteiger partial charge on any atom is 0.232 e. The molecule has 1 fully saturated rings. The second-order valence-electron chi connectivity index (χ2n) is 4.48. The van der Waals surface area contributed by atoms with E-state index >= 15 is 0 Å². The Labute approximate surface area is 99.1 Å². The first-order valence-electron chi connectivity index (χ1n) is 5.27. The van der Waals surface area contributed by atoms with Gasteiger partial charge in [-0.1, -0.05) is 5.16 Å². The van der Waals surface area contributed by atoms with Crippen LogP contribution in [0.2, 0.25) is 0 Å². The van der Waals surface area contributed by atoms with Crippen LogP contribution in [0, 0.1) is 0 Å². The van der Waals surface area contributed by atoms with Gasteiger partial charge in [0.25, 0.3) is 0 Å². The van der Waals surface area contributed by atoms with Crippen LogP contribution in [-0.4, -0.2) is 34.8 Å². The molecule has 1 aromatic rings. The number of ether oxygens (including phenoxy) is 1. The Morgan fingerprint density at radius 2 is 2.25 bits per heavy atom. The highest BCUT2D eigenvalue weighted by Crippen LogP contribution is 2.32.